The Bertz CT molecular complexity index is 983. The topological polar surface area (TPSA) is 66.5 Å². The van der Waals surface area contributed by atoms with Crippen LogP contribution in [0.3, 0.4) is 0 Å². The number of carbonyl (C=O) groups is 1. The van der Waals surface area contributed by atoms with E-state index in [1.807, 2.05) is 13.0 Å². The molecule has 1 fully saturated rings. The molecule has 1 heterocycles. The van der Waals surface area contributed by atoms with Gasteiger partial charge in [-0.3, -0.25) is 4.79 Å². The van der Waals surface area contributed by atoms with Gasteiger partial charge in [0.25, 0.3) is 0 Å². The van der Waals surface area contributed by atoms with E-state index in [0.717, 1.165) is 5.56 Å². The molecule has 1 aliphatic heterocycles. The van der Waals surface area contributed by atoms with Crippen molar-refractivity contribution in [1.29, 1.82) is 0 Å². The predicted molar refractivity (Wildman–Crippen MR) is 113 cm³/mol. The van der Waals surface area contributed by atoms with E-state index in [2.05, 4.69) is 5.32 Å². The summed E-state index contributed by atoms with van der Waals surface area (Å²) in [6.45, 7) is 2.32. The number of hydrogen-bond acceptors (Lipinski definition) is 3. The summed E-state index contributed by atoms with van der Waals surface area (Å²) < 4.78 is 27.2. The number of hydrogen-bond donors (Lipinski definition) is 1. The van der Waals surface area contributed by atoms with Crippen LogP contribution < -0.4 is 5.32 Å². The standard InChI is InChI=1S/C19H19Cl3N2O3S/c1-12-5-6-14(20)11-17(12)23-19(25)13-7-9-24(10-8-13)28(26,27)18-15(21)3-2-4-16(18)22/h2-6,11,13H,7-10H2,1H3,(H,23,25). The summed E-state index contributed by atoms with van der Waals surface area (Å²) in [4.78, 5) is 12.5. The Labute approximate surface area is 179 Å². The summed E-state index contributed by atoms with van der Waals surface area (Å²) in [6, 6.07) is 9.88. The monoisotopic (exact) mass is 460 g/mol. The van der Waals surface area contributed by atoms with Crippen molar-refractivity contribution >= 4 is 56.4 Å². The van der Waals surface area contributed by atoms with Gasteiger partial charge >= 0.3 is 0 Å². The van der Waals surface area contributed by atoms with Gasteiger partial charge in [-0.1, -0.05) is 46.9 Å². The van der Waals surface area contributed by atoms with Crippen molar-refractivity contribution in [2.24, 2.45) is 5.92 Å². The summed E-state index contributed by atoms with van der Waals surface area (Å²) in [5.41, 5.74) is 1.57. The van der Waals surface area contributed by atoms with Crippen LogP contribution in [0, 0.1) is 12.8 Å². The summed E-state index contributed by atoms with van der Waals surface area (Å²) in [5.74, 6) is -0.426. The molecule has 0 aromatic heterocycles. The normalized spacial score (nSPS) is 16.1. The summed E-state index contributed by atoms with van der Waals surface area (Å²) in [5, 5.41) is 3.60. The van der Waals surface area contributed by atoms with Gasteiger partial charge in [-0.05, 0) is 49.6 Å². The van der Waals surface area contributed by atoms with Crippen LogP contribution in [0.25, 0.3) is 0 Å². The van der Waals surface area contributed by atoms with E-state index in [-0.39, 0.29) is 39.9 Å². The van der Waals surface area contributed by atoms with Crippen LogP contribution in [0.5, 0.6) is 0 Å². The van der Waals surface area contributed by atoms with E-state index in [9.17, 15) is 13.2 Å². The molecule has 0 aliphatic carbocycles. The van der Waals surface area contributed by atoms with Gasteiger partial charge in [0.05, 0.1) is 10.0 Å². The molecule has 0 unspecified atom stereocenters. The van der Waals surface area contributed by atoms with E-state index in [1.165, 1.54) is 16.4 Å². The molecule has 0 bridgehead atoms. The van der Waals surface area contributed by atoms with Crippen LogP contribution >= 0.6 is 34.8 Å². The van der Waals surface area contributed by atoms with Crippen LogP contribution in [0.2, 0.25) is 15.1 Å². The molecule has 1 N–H and O–H groups in total. The fourth-order valence-electron chi connectivity index (χ4n) is 3.18. The van der Waals surface area contributed by atoms with Crippen LogP contribution in [-0.4, -0.2) is 31.7 Å². The molecule has 28 heavy (non-hydrogen) atoms. The quantitative estimate of drug-likeness (QED) is 0.697. The Morgan fingerprint density at radius 3 is 2.29 bits per heavy atom. The number of sulfonamides is 1. The number of nitrogens with zero attached hydrogens (tertiary/aromatic N) is 1. The smallest absolute Gasteiger partial charge is 0.246 e. The van der Waals surface area contributed by atoms with Crippen molar-refractivity contribution in [2.75, 3.05) is 18.4 Å². The minimum atomic E-state index is -3.82. The van der Waals surface area contributed by atoms with E-state index >= 15 is 0 Å². The highest BCUT2D eigenvalue weighted by molar-refractivity contribution is 7.89. The Balaban J connectivity index is 1.69. The van der Waals surface area contributed by atoms with Crippen LogP contribution in [0.4, 0.5) is 5.69 Å². The first-order valence-corrected chi connectivity index (χ1v) is 11.3. The van der Waals surface area contributed by atoms with Gasteiger partial charge in [0.2, 0.25) is 15.9 Å². The highest BCUT2D eigenvalue weighted by Crippen LogP contribution is 2.33. The number of benzene rings is 2. The Morgan fingerprint density at radius 1 is 1.07 bits per heavy atom. The molecule has 150 valence electrons. The van der Waals surface area contributed by atoms with Crippen LogP contribution in [0.15, 0.2) is 41.3 Å². The van der Waals surface area contributed by atoms with E-state index in [0.29, 0.717) is 23.6 Å². The molecule has 0 atom stereocenters. The third-order valence-corrected chi connectivity index (χ3v) is 7.89. The lowest BCUT2D eigenvalue weighted by Crippen LogP contribution is -2.41. The Morgan fingerprint density at radius 2 is 1.68 bits per heavy atom. The average molecular weight is 462 g/mol. The highest BCUT2D eigenvalue weighted by atomic mass is 35.5. The van der Waals surface area contributed by atoms with Crippen LogP contribution in [-0.2, 0) is 14.8 Å². The molecule has 3 rings (SSSR count). The van der Waals surface area contributed by atoms with Crippen molar-refractivity contribution in [3.05, 3.63) is 57.0 Å². The second-order valence-electron chi connectivity index (χ2n) is 6.68. The predicted octanol–water partition coefficient (Wildman–Crippen LogP) is 4.99. The zero-order valence-corrected chi connectivity index (χ0v) is 18.2. The van der Waals surface area contributed by atoms with Crippen LogP contribution in [0.1, 0.15) is 18.4 Å². The molecular formula is C19H19Cl3N2O3S. The van der Waals surface area contributed by atoms with Gasteiger partial charge in [0.1, 0.15) is 4.90 Å². The lowest BCUT2D eigenvalue weighted by atomic mass is 9.97. The molecule has 9 heteroatoms. The minimum absolute atomic E-state index is 0.0869. The lowest BCUT2D eigenvalue weighted by molar-refractivity contribution is -0.120. The van der Waals surface area contributed by atoms with Gasteiger partial charge in [0.15, 0.2) is 0 Å². The number of aryl methyl sites for hydroxylation is 1. The maximum Gasteiger partial charge on any atom is 0.246 e. The molecule has 1 aliphatic rings. The van der Waals surface area contributed by atoms with E-state index < -0.39 is 10.0 Å². The SMILES string of the molecule is Cc1ccc(Cl)cc1NC(=O)C1CCN(S(=O)(=O)c2c(Cl)cccc2Cl)CC1. The summed E-state index contributed by atoms with van der Waals surface area (Å²) in [7, 11) is -3.82. The van der Waals surface area contributed by atoms with Crippen molar-refractivity contribution in [3.8, 4) is 0 Å². The maximum absolute atomic E-state index is 12.9. The van der Waals surface area contributed by atoms with E-state index in [4.69, 9.17) is 34.8 Å². The first-order valence-electron chi connectivity index (χ1n) is 8.71. The second-order valence-corrected chi connectivity index (χ2v) is 9.80. The fraction of sp³-hybridized carbons (Fsp3) is 0.316. The second kappa shape index (κ2) is 8.59. The fourth-order valence-corrected chi connectivity index (χ4v) is 5.91. The largest absolute Gasteiger partial charge is 0.326 e. The van der Waals surface area contributed by atoms with Gasteiger partial charge in [-0.25, -0.2) is 8.42 Å². The molecule has 2 aromatic rings. The number of piperidine rings is 1. The molecule has 0 saturated carbocycles. The third-order valence-electron chi connectivity index (χ3n) is 4.80. The van der Waals surface area contributed by atoms with Gasteiger partial charge < -0.3 is 5.32 Å². The van der Waals surface area contributed by atoms with Crippen molar-refractivity contribution in [3.63, 3.8) is 0 Å². The third kappa shape index (κ3) is 4.47. The maximum atomic E-state index is 12.9. The highest BCUT2D eigenvalue weighted by Gasteiger charge is 2.34. The molecule has 0 radical (unpaired) electrons. The first kappa shape index (κ1) is 21.4. The lowest BCUT2D eigenvalue weighted by Gasteiger charge is -2.31. The molecule has 1 amide bonds. The minimum Gasteiger partial charge on any atom is -0.326 e. The van der Waals surface area contributed by atoms with Gasteiger partial charge in [0, 0.05) is 29.7 Å². The molecule has 5 nitrogen and oxygen atoms in total. The van der Waals surface area contributed by atoms with Gasteiger partial charge in [-0.2, -0.15) is 4.31 Å². The molecule has 0 spiro atoms. The molecule has 1 saturated heterocycles. The number of anilines is 1. The van der Waals surface area contributed by atoms with Crippen molar-refractivity contribution < 1.29 is 13.2 Å². The zero-order valence-electron chi connectivity index (χ0n) is 15.1. The number of rotatable bonds is 4. The van der Waals surface area contributed by atoms with Crippen molar-refractivity contribution in [2.45, 2.75) is 24.7 Å². The average Bonchev–Trinajstić information content (AvgIpc) is 2.64. The zero-order chi connectivity index (χ0) is 20.5. The molecular weight excluding hydrogens is 443 g/mol. The number of nitrogens with one attached hydrogen (secondary N) is 1. The summed E-state index contributed by atoms with van der Waals surface area (Å²) in [6.07, 6.45) is 0.819. The van der Waals surface area contributed by atoms with Crippen molar-refractivity contribution in [1.82, 2.24) is 4.31 Å². The van der Waals surface area contributed by atoms with Gasteiger partial charge in [-0.15, -0.1) is 0 Å². The number of carbonyl (C=O) groups excluding carboxylic acids is 1. The molecule has 2 aromatic carbocycles. The summed E-state index contributed by atoms with van der Waals surface area (Å²) >= 11 is 18.1. The Kier molecular flexibility index (Phi) is 6.57. The van der Waals surface area contributed by atoms with E-state index in [1.54, 1.807) is 18.2 Å². The Hall–Kier alpha value is -1.31. The number of halogens is 3. The number of amides is 1. The first-order chi connectivity index (χ1) is 13.2.